The molecule has 0 bridgehead atoms. The number of hydrogen-bond acceptors (Lipinski definition) is 5. The van der Waals surface area contributed by atoms with E-state index >= 15 is 0 Å². The molecular formula is C22H22N2O5. The van der Waals surface area contributed by atoms with E-state index in [2.05, 4.69) is 5.32 Å². The van der Waals surface area contributed by atoms with Crippen LogP contribution in [0.4, 0.5) is 5.69 Å². The number of hydrogen-bond donors (Lipinski definition) is 1. The molecule has 150 valence electrons. The number of nitrogens with zero attached hydrogens (tertiary/aromatic N) is 1. The normalized spacial score (nSPS) is 14.0. The van der Waals surface area contributed by atoms with Crippen LogP contribution < -0.4 is 10.1 Å². The fourth-order valence-electron chi connectivity index (χ4n) is 3.27. The molecule has 0 atom stereocenters. The zero-order valence-electron chi connectivity index (χ0n) is 16.1. The first kappa shape index (κ1) is 19.0. The Bertz CT molecular complexity index is 1040. The maximum Gasteiger partial charge on any atom is 0.291 e. The number of amides is 2. The Morgan fingerprint density at radius 2 is 1.79 bits per heavy atom. The molecule has 1 aliphatic heterocycles. The lowest BCUT2D eigenvalue weighted by molar-refractivity contribution is -0.118. The van der Waals surface area contributed by atoms with Gasteiger partial charge in [0.15, 0.2) is 6.61 Å². The standard InChI is InChI=1S/C22H22N2O5/c1-15-6-2-4-8-17(15)28-14-19(25)23-20-16-7-3-5-9-18(16)29-21(20)22(26)24-10-12-27-13-11-24/h2-9H,10-14H2,1H3,(H,23,25). The number of benzene rings is 2. The largest absolute Gasteiger partial charge is 0.483 e. The third kappa shape index (κ3) is 4.09. The Kier molecular flexibility index (Phi) is 5.48. The predicted octanol–water partition coefficient (Wildman–Crippen LogP) is 3.23. The predicted molar refractivity (Wildman–Crippen MR) is 108 cm³/mol. The summed E-state index contributed by atoms with van der Waals surface area (Å²) in [6.45, 7) is 3.68. The van der Waals surface area contributed by atoms with Crippen LogP contribution in [0.25, 0.3) is 11.0 Å². The van der Waals surface area contributed by atoms with Gasteiger partial charge in [-0.3, -0.25) is 9.59 Å². The molecule has 1 saturated heterocycles. The fourth-order valence-corrected chi connectivity index (χ4v) is 3.27. The molecule has 29 heavy (non-hydrogen) atoms. The molecule has 4 rings (SSSR count). The number of aryl methyl sites for hydroxylation is 1. The summed E-state index contributed by atoms with van der Waals surface area (Å²) in [4.78, 5) is 27.2. The van der Waals surface area contributed by atoms with Crippen molar-refractivity contribution in [3.05, 3.63) is 59.9 Å². The van der Waals surface area contributed by atoms with Crippen LogP contribution in [0.5, 0.6) is 5.75 Å². The number of carbonyl (C=O) groups excluding carboxylic acids is 2. The van der Waals surface area contributed by atoms with Crippen LogP contribution >= 0.6 is 0 Å². The van der Waals surface area contributed by atoms with Gasteiger partial charge in [-0.2, -0.15) is 0 Å². The zero-order chi connectivity index (χ0) is 20.2. The minimum atomic E-state index is -0.365. The molecule has 0 saturated carbocycles. The molecule has 1 fully saturated rings. The molecule has 2 amide bonds. The molecule has 3 aromatic rings. The number of para-hydroxylation sites is 2. The van der Waals surface area contributed by atoms with E-state index in [-0.39, 0.29) is 24.2 Å². The van der Waals surface area contributed by atoms with Gasteiger partial charge in [-0.15, -0.1) is 0 Å². The monoisotopic (exact) mass is 394 g/mol. The third-order valence-corrected chi connectivity index (χ3v) is 4.80. The van der Waals surface area contributed by atoms with Crippen LogP contribution in [-0.4, -0.2) is 49.6 Å². The van der Waals surface area contributed by atoms with E-state index < -0.39 is 0 Å². The van der Waals surface area contributed by atoms with Gasteiger partial charge in [0.1, 0.15) is 17.0 Å². The molecule has 1 N–H and O–H groups in total. The SMILES string of the molecule is Cc1ccccc1OCC(=O)Nc1c(C(=O)N2CCOCC2)oc2ccccc12. The molecule has 0 unspecified atom stereocenters. The van der Waals surface area contributed by atoms with E-state index in [1.165, 1.54) is 0 Å². The summed E-state index contributed by atoms with van der Waals surface area (Å²) in [5, 5.41) is 3.48. The second-order valence-electron chi connectivity index (χ2n) is 6.81. The highest BCUT2D eigenvalue weighted by Gasteiger charge is 2.27. The summed E-state index contributed by atoms with van der Waals surface area (Å²) in [7, 11) is 0. The number of anilines is 1. The Morgan fingerprint density at radius 3 is 2.59 bits per heavy atom. The quantitative estimate of drug-likeness (QED) is 0.719. The van der Waals surface area contributed by atoms with E-state index in [1.807, 2.05) is 49.4 Å². The van der Waals surface area contributed by atoms with E-state index in [1.54, 1.807) is 11.0 Å². The van der Waals surface area contributed by atoms with Gasteiger partial charge in [-0.1, -0.05) is 30.3 Å². The van der Waals surface area contributed by atoms with Gasteiger partial charge in [-0.05, 0) is 30.7 Å². The maximum absolute atomic E-state index is 13.0. The minimum absolute atomic E-state index is 0.123. The van der Waals surface area contributed by atoms with Crippen molar-refractivity contribution >= 4 is 28.5 Å². The minimum Gasteiger partial charge on any atom is -0.483 e. The van der Waals surface area contributed by atoms with Crippen LogP contribution in [-0.2, 0) is 9.53 Å². The van der Waals surface area contributed by atoms with Crippen LogP contribution in [0.2, 0.25) is 0 Å². The molecule has 1 aliphatic rings. The number of morpholine rings is 1. The average Bonchev–Trinajstić information content (AvgIpc) is 3.11. The summed E-state index contributed by atoms with van der Waals surface area (Å²) >= 11 is 0. The molecule has 1 aromatic heterocycles. The van der Waals surface area contributed by atoms with E-state index in [0.717, 1.165) is 5.56 Å². The Hall–Kier alpha value is -3.32. The summed E-state index contributed by atoms with van der Waals surface area (Å²) in [6, 6.07) is 14.7. The molecular weight excluding hydrogens is 372 g/mol. The molecule has 0 radical (unpaired) electrons. The topological polar surface area (TPSA) is 81.0 Å². The first-order chi connectivity index (χ1) is 14.1. The van der Waals surface area contributed by atoms with E-state index in [4.69, 9.17) is 13.9 Å². The summed E-state index contributed by atoms with van der Waals surface area (Å²) in [6.07, 6.45) is 0. The lowest BCUT2D eigenvalue weighted by Gasteiger charge is -2.26. The van der Waals surface area contributed by atoms with Gasteiger partial charge in [0.05, 0.1) is 13.2 Å². The van der Waals surface area contributed by atoms with Gasteiger partial charge >= 0.3 is 0 Å². The highest BCUT2D eigenvalue weighted by Crippen LogP contribution is 2.32. The average molecular weight is 394 g/mol. The lowest BCUT2D eigenvalue weighted by Crippen LogP contribution is -2.40. The number of carbonyl (C=O) groups is 2. The van der Waals surface area contributed by atoms with Crippen molar-refractivity contribution in [2.75, 3.05) is 38.2 Å². The van der Waals surface area contributed by atoms with Crippen molar-refractivity contribution < 1.29 is 23.5 Å². The van der Waals surface area contributed by atoms with Gasteiger partial charge in [0.25, 0.3) is 11.8 Å². The van der Waals surface area contributed by atoms with Crippen molar-refractivity contribution in [3.8, 4) is 5.75 Å². The molecule has 0 aliphatic carbocycles. The Morgan fingerprint density at radius 1 is 1.07 bits per heavy atom. The fraction of sp³-hybridized carbons (Fsp3) is 0.273. The highest BCUT2D eigenvalue weighted by molar-refractivity contribution is 6.11. The van der Waals surface area contributed by atoms with Gasteiger partial charge in [-0.25, -0.2) is 0 Å². The van der Waals surface area contributed by atoms with Crippen LogP contribution in [0.3, 0.4) is 0 Å². The first-order valence-corrected chi connectivity index (χ1v) is 9.50. The number of furan rings is 1. The lowest BCUT2D eigenvalue weighted by atomic mass is 10.2. The highest BCUT2D eigenvalue weighted by atomic mass is 16.5. The van der Waals surface area contributed by atoms with Crippen molar-refractivity contribution in [3.63, 3.8) is 0 Å². The molecule has 7 nitrogen and oxygen atoms in total. The number of rotatable bonds is 5. The van der Waals surface area contributed by atoms with Crippen molar-refractivity contribution in [2.24, 2.45) is 0 Å². The number of fused-ring (bicyclic) bond motifs is 1. The Labute approximate surface area is 168 Å². The van der Waals surface area contributed by atoms with Crippen molar-refractivity contribution in [1.82, 2.24) is 4.90 Å². The molecule has 2 heterocycles. The first-order valence-electron chi connectivity index (χ1n) is 9.50. The van der Waals surface area contributed by atoms with Crippen molar-refractivity contribution in [2.45, 2.75) is 6.92 Å². The number of nitrogens with one attached hydrogen (secondary N) is 1. The van der Waals surface area contributed by atoms with E-state index in [0.29, 0.717) is 48.7 Å². The number of ether oxygens (including phenoxy) is 2. The smallest absolute Gasteiger partial charge is 0.291 e. The second kappa shape index (κ2) is 8.36. The van der Waals surface area contributed by atoms with E-state index in [9.17, 15) is 9.59 Å². The van der Waals surface area contributed by atoms with Gasteiger partial charge in [0.2, 0.25) is 5.76 Å². The molecule has 7 heteroatoms. The second-order valence-corrected chi connectivity index (χ2v) is 6.81. The third-order valence-electron chi connectivity index (χ3n) is 4.80. The summed E-state index contributed by atoms with van der Waals surface area (Å²) in [5.41, 5.74) is 1.85. The Balaban J connectivity index is 1.56. The zero-order valence-corrected chi connectivity index (χ0v) is 16.1. The maximum atomic E-state index is 13.0. The summed E-state index contributed by atoms with van der Waals surface area (Å²) in [5.74, 6) is 0.136. The van der Waals surface area contributed by atoms with Gasteiger partial charge in [0, 0.05) is 18.5 Å². The summed E-state index contributed by atoms with van der Waals surface area (Å²) < 4.78 is 16.7. The van der Waals surface area contributed by atoms with Crippen molar-refractivity contribution in [1.29, 1.82) is 0 Å². The van der Waals surface area contributed by atoms with Gasteiger partial charge < -0.3 is 24.1 Å². The molecule has 0 spiro atoms. The molecule has 2 aromatic carbocycles. The van der Waals surface area contributed by atoms with Crippen LogP contribution in [0.1, 0.15) is 16.1 Å². The van der Waals surface area contributed by atoms with Crippen LogP contribution in [0.15, 0.2) is 52.9 Å². The van der Waals surface area contributed by atoms with Crippen LogP contribution in [0, 0.1) is 6.92 Å².